The summed E-state index contributed by atoms with van der Waals surface area (Å²) in [6.45, 7) is 0. The summed E-state index contributed by atoms with van der Waals surface area (Å²) >= 11 is 5.62. The Bertz CT molecular complexity index is 984. The maximum Gasteiger partial charge on any atom is 0.416 e. The van der Waals surface area contributed by atoms with E-state index in [-0.39, 0.29) is 23.6 Å². The molecule has 1 aromatic heterocycles. The number of carbonyl (C=O) groups excluding carboxylic acids is 1. The van der Waals surface area contributed by atoms with Crippen LogP contribution in [0.1, 0.15) is 33.6 Å². The third-order valence-electron chi connectivity index (χ3n) is 3.82. The van der Waals surface area contributed by atoms with E-state index in [1.807, 2.05) is 0 Å². The molecule has 148 valence electrons. The first kappa shape index (κ1) is 21.2. The summed E-state index contributed by atoms with van der Waals surface area (Å²) in [5, 5.41) is 14.1. The third-order valence-corrected chi connectivity index (χ3v) is 5.22. The molecule has 0 saturated carbocycles. The van der Waals surface area contributed by atoms with E-state index < -0.39 is 43.7 Å². The number of sulfone groups is 1. The molecule has 0 aliphatic carbocycles. The van der Waals surface area contributed by atoms with Gasteiger partial charge in [-0.25, -0.2) is 13.1 Å². The fourth-order valence-electron chi connectivity index (χ4n) is 2.54. The Labute approximate surface area is 158 Å². The second-order valence-electron chi connectivity index (χ2n) is 5.87. The molecule has 0 unspecified atom stereocenters. The molecule has 0 aliphatic heterocycles. The van der Waals surface area contributed by atoms with Crippen LogP contribution < -0.4 is 0 Å². The van der Waals surface area contributed by atoms with Crippen LogP contribution in [-0.4, -0.2) is 41.2 Å². The fraction of sp³-hybridized carbons (Fsp3) is 0.375. The highest BCUT2D eigenvalue weighted by molar-refractivity contribution is 7.90. The van der Waals surface area contributed by atoms with Crippen molar-refractivity contribution in [1.82, 2.24) is 9.78 Å². The summed E-state index contributed by atoms with van der Waals surface area (Å²) in [7, 11) is -2.78. The van der Waals surface area contributed by atoms with Crippen LogP contribution in [-0.2, 0) is 29.5 Å². The van der Waals surface area contributed by atoms with Crippen molar-refractivity contribution in [2.24, 2.45) is 7.05 Å². The summed E-state index contributed by atoms with van der Waals surface area (Å²) in [4.78, 5) is 12.1. The lowest BCUT2D eigenvalue weighted by Gasteiger charge is -2.12. The molecular formula is C16H16ClF3N2O4S. The quantitative estimate of drug-likeness (QED) is 0.569. The Balaban J connectivity index is 2.67. The van der Waals surface area contributed by atoms with E-state index in [9.17, 15) is 31.5 Å². The largest absolute Gasteiger partial charge is 0.493 e. The van der Waals surface area contributed by atoms with Gasteiger partial charge in [-0.3, -0.25) is 4.79 Å². The minimum atomic E-state index is -4.77. The van der Waals surface area contributed by atoms with Gasteiger partial charge in [-0.1, -0.05) is 0 Å². The van der Waals surface area contributed by atoms with Gasteiger partial charge in [0.1, 0.15) is 5.56 Å². The average Bonchev–Trinajstić information content (AvgIpc) is 2.84. The number of ketones is 1. The number of alkyl halides is 4. The first-order valence-electron chi connectivity index (χ1n) is 7.64. The van der Waals surface area contributed by atoms with Crippen LogP contribution in [0.25, 0.3) is 0 Å². The lowest BCUT2D eigenvalue weighted by Crippen LogP contribution is -2.14. The van der Waals surface area contributed by atoms with Gasteiger partial charge >= 0.3 is 6.18 Å². The van der Waals surface area contributed by atoms with Crippen LogP contribution in [0.2, 0.25) is 0 Å². The topological polar surface area (TPSA) is 89.3 Å². The zero-order chi connectivity index (χ0) is 20.6. The molecular weight excluding hydrogens is 409 g/mol. The molecule has 2 aromatic rings. The summed E-state index contributed by atoms with van der Waals surface area (Å²) in [5.74, 6) is -1.18. The number of benzene rings is 1. The number of rotatable bonds is 6. The van der Waals surface area contributed by atoms with Crippen LogP contribution in [0, 0.1) is 0 Å². The van der Waals surface area contributed by atoms with Crippen molar-refractivity contribution in [3.63, 3.8) is 0 Å². The van der Waals surface area contributed by atoms with Crippen molar-refractivity contribution in [2.75, 3.05) is 12.1 Å². The van der Waals surface area contributed by atoms with Gasteiger partial charge in [-0.05, 0) is 31.0 Å². The maximum absolute atomic E-state index is 12.9. The summed E-state index contributed by atoms with van der Waals surface area (Å²) in [6, 6.07) is 1.82. The molecule has 27 heavy (non-hydrogen) atoms. The highest BCUT2D eigenvalue weighted by atomic mass is 35.5. The van der Waals surface area contributed by atoms with E-state index in [1.165, 1.54) is 7.05 Å². The monoisotopic (exact) mass is 424 g/mol. The van der Waals surface area contributed by atoms with Crippen LogP contribution in [0.15, 0.2) is 23.1 Å². The molecule has 0 spiro atoms. The lowest BCUT2D eigenvalue weighted by molar-refractivity contribution is -0.137. The van der Waals surface area contributed by atoms with E-state index in [0.29, 0.717) is 24.8 Å². The normalized spacial score (nSPS) is 12.4. The molecule has 6 nitrogen and oxygen atoms in total. The molecule has 0 bridgehead atoms. The van der Waals surface area contributed by atoms with Crippen molar-refractivity contribution in [3.8, 4) is 5.88 Å². The van der Waals surface area contributed by atoms with Crippen LogP contribution in [0.5, 0.6) is 5.88 Å². The Morgan fingerprint density at radius 1 is 1.33 bits per heavy atom. The molecule has 0 aliphatic rings. The molecule has 0 amide bonds. The predicted molar refractivity (Wildman–Crippen MR) is 91.9 cm³/mol. The lowest BCUT2D eigenvalue weighted by atomic mass is 10.00. The molecule has 0 radical (unpaired) electrons. The number of halogens is 4. The van der Waals surface area contributed by atoms with Crippen molar-refractivity contribution >= 4 is 27.2 Å². The Morgan fingerprint density at radius 3 is 2.48 bits per heavy atom. The van der Waals surface area contributed by atoms with Gasteiger partial charge in [0, 0.05) is 24.7 Å². The molecule has 11 heteroatoms. The Morgan fingerprint density at radius 2 is 1.96 bits per heavy atom. The third kappa shape index (κ3) is 4.44. The zero-order valence-electron chi connectivity index (χ0n) is 14.3. The standard InChI is InChI=1S/C16H16ClF3N2O4S/c1-22-15(24)13(11(21-22)4-3-7-17)14(23)10-6-5-9(16(18,19)20)8-12(10)27(2,25)26/h5-6,8,24H,3-4,7H2,1-2H3. The molecule has 0 saturated heterocycles. The van der Waals surface area contributed by atoms with Gasteiger partial charge in [0.2, 0.25) is 11.7 Å². The molecule has 0 fully saturated rings. The van der Waals surface area contributed by atoms with E-state index in [0.717, 1.165) is 10.7 Å². The van der Waals surface area contributed by atoms with Crippen molar-refractivity contribution in [2.45, 2.75) is 23.9 Å². The molecule has 0 atom stereocenters. The van der Waals surface area contributed by atoms with Gasteiger partial charge in [0.05, 0.1) is 16.2 Å². The predicted octanol–water partition coefficient (Wildman–Crippen LogP) is 2.95. The number of aromatic nitrogens is 2. The van der Waals surface area contributed by atoms with Crippen molar-refractivity contribution in [3.05, 3.63) is 40.6 Å². The van der Waals surface area contributed by atoms with Gasteiger partial charge in [0.25, 0.3) is 0 Å². The van der Waals surface area contributed by atoms with Crippen LogP contribution in [0.4, 0.5) is 13.2 Å². The first-order chi connectivity index (χ1) is 12.4. The number of aryl methyl sites for hydroxylation is 2. The van der Waals surface area contributed by atoms with E-state index in [2.05, 4.69) is 5.10 Å². The molecule has 1 heterocycles. The Kier molecular flexibility index (Phi) is 5.91. The van der Waals surface area contributed by atoms with Crippen molar-refractivity contribution in [1.29, 1.82) is 0 Å². The minimum absolute atomic E-state index is 0.181. The smallest absolute Gasteiger partial charge is 0.416 e. The number of hydrogen-bond donors (Lipinski definition) is 1. The zero-order valence-corrected chi connectivity index (χ0v) is 15.9. The van der Waals surface area contributed by atoms with Gasteiger partial charge in [-0.2, -0.15) is 18.3 Å². The first-order valence-corrected chi connectivity index (χ1v) is 10.1. The highest BCUT2D eigenvalue weighted by Crippen LogP contribution is 2.34. The van der Waals surface area contributed by atoms with E-state index in [1.54, 1.807) is 0 Å². The highest BCUT2D eigenvalue weighted by Gasteiger charge is 2.34. The summed E-state index contributed by atoms with van der Waals surface area (Å²) in [5.41, 5.74) is -1.74. The average molecular weight is 425 g/mol. The number of nitrogens with zero attached hydrogens (tertiary/aromatic N) is 2. The van der Waals surface area contributed by atoms with Gasteiger partial charge in [0.15, 0.2) is 9.84 Å². The van der Waals surface area contributed by atoms with E-state index >= 15 is 0 Å². The second kappa shape index (κ2) is 7.51. The number of hydrogen-bond acceptors (Lipinski definition) is 5. The van der Waals surface area contributed by atoms with Crippen molar-refractivity contribution < 1.29 is 31.5 Å². The molecule has 1 aromatic carbocycles. The Hall–Kier alpha value is -2.07. The van der Waals surface area contributed by atoms with E-state index in [4.69, 9.17) is 11.6 Å². The van der Waals surface area contributed by atoms with Gasteiger partial charge in [-0.15, -0.1) is 11.6 Å². The SMILES string of the molecule is Cn1nc(CCCCl)c(C(=O)c2ccc(C(F)(F)F)cc2S(C)(=O)=O)c1O. The minimum Gasteiger partial charge on any atom is -0.493 e. The maximum atomic E-state index is 12.9. The molecule has 1 N–H and O–H groups in total. The second-order valence-corrected chi connectivity index (χ2v) is 8.23. The number of aromatic hydroxyl groups is 1. The van der Waals surface area contributed by atoms with Crippen LogP contribution in [0.3, 0.4) is 0 Å². The summed E-state index contributed by atoms with van der Waals surface area (Å²) in [6.07, 6.45) is -3.40. The van der Waals surface area contributed by atoms with Crippen LogP contribution >= 0.6 is 11.6 Å². The van der Waals surface area contributed by atoms with Gasteiger partial charge < -0.3 is 5.11 Å². The summed E-state index contributed by atoms with van der Waals surface area (Å²) < 4.78 is 63.8. The number of carbonyl (C=O) groups is 1. The fourth-order valence-corrected chi connectivity index (χ4v) is 3.57. The molecule has 2 rings (SSSR count).